The Morgan fingerprint density at radius 1 is 0.892 bits per heavy atom. The summed E-state index contributed by atoms with van der Waals surface area (Å²) in [6.07, 6.45) is 9.46. The van der Waals surface area contributed by atoms with Crippen LogP contribution >= 0.6 is 0 Å². The lowest BCUT2D eigenvalue weighted by Crippen LogP contribution is -2.60. The largest absolute Gasteiger partial charge is 0.508 e. The molecule has 2 saturated carbocycles. The number of pyridine rings is 1. The van der Waals surface area contributed by atoms with Gasteiger partial charge in [0.2, 0.25) is 5.91 Å². The first-order chi connectivity index (χ1) is 35.5. The summed E-state index contributed by atoms with van der Waals surface area (Å²) in [6.45, 7) is 15.3. The molecule has 5 aromatic rings. The second-order valence-electron chi connectivity index (χ2n) is 23.3. The summed E-state index contributed by atoms with van der Waals surface area (Å²) < 4.78 is 55.3. The van der Waals surface area contributed by atoms with Gasteiger partial charge >= 0.3 is 6.01 Å². The number of aromatic nitrogens is 3. The van der Waals surface area contributed by atoms with E-state index in [-0.39, 0.29) is 57.7 Å². The van der Waals surface area contributed by atoms with E-state index in [2.05, 4.69) is 42.6 Å². The number of fused-ring (bicyclic) bond motifs is 3. The summed E-state index contributed by atoms with van der Waals surface area (Å²) in [4.78, 5) is 50.8. The van der Waals surface area contributed by atoms with Crippen LogP contribution < -0.4 is 19.9 Å². The normalized spacial score (nSPS) is 24.6. The highest BCUT2D eigenvalue weighted by molar-refractivity contribution is 6.03. The fourth-order valence-corrected chi connectivity index (χ4v) is 13.5. The van der Waals surface area contributed by atoms with Crippen LogP contribution in [0.1, 0.15) is 99.5 Å². The number of allylic oxidation sites excluding steroid dienone is 1. The molecule has 1 spiro atoms. The molecule has 7 aliphatic rings. The predicted octanol–water partition coefficient (Wildman–Crippen LogP) is 8.06. The van der Waals surface area contributed by atoms with Crippen molar-refractivity contribution in [2.24, 2.45) is 10.8 Å². The number of anilines is 2. The number of halogens is 3. The molecule has 3 aromatic carbocycles. The van der Waals surface area contributed by atoms with Crippen LogP contribution in [-0.4, -0.2) is 141 Å². The summed E-state index contributed by atoms with van der Waals surface area (Å²) in [5, 5.41) is 26.1. The molecule has 0 bridgehead atoms. The number of aryl methyl sites for hydroxylation is 1. The Balaban J connectivity index is 0.668. The monoisotopic (exact) mass is 1010 g/mol. The fraction of sp³-hybridized carbons (Fsp3) is 0.526. The number of nitrogens with zero attached hydrogens (tertiary/aromatic N) is 8. The molecule has 7 heterocycles. The van der Waals surface area contributed by atoms with Gasteiger partial charge in [-0.15, -0.1) is 0 Å². The van der Waals surface area contributed by atoms with Crippen LogP contribution in [0.15, 0.2) is 60.9 Å². The second-order valence-corrected chi connectivity index (χ2v) is 23.3. The van der Waals surface area contributed by atoms with E-state index in [4.69, 9.17) is 9.72 Å². The quantitative estimate of drug-likeness (QED) is 0.111. The minimum atomic E-state index is -1.20. The molecule has 14 nitrogen and oxygen atoms in total. The molecule has 17 heteroatoms. The minimum absolute atomic E-state index is 0.00745. The van der Waals surface area contributed by atoms with Gasteiger partial charge in [-0.25, -0.2) is 13.2 Å². The van der Waals surface area contributed by atoms with Crippen molar-refractivity contribution in [1.29, 1.82) is 0 Å². The van der Waals surface area contributed by atoms with E-state index in [1.807, 2.05) is 24.0 Å². The summed E-state index contributed by atoms with van der Waals surface area (Å²) >= 11 is 0. The Morgan fingerprint density at radius 2 is 1.66 bits per heavy atom. The standard InChI is InChI=1S/C57H66F3N9O5/c1-4-40-44(58)10-7-36-25-39(70)26-42(46(36)40)48-47(59)49-43(27-61-48)50(68-17-5-12-54(3,73)31-68)64-53(63-49)74-34-56(13-14-56)32-65-18-15-55(16-19-65)29-57(60,30-55)33-66-20-22-67(23-21-66)38-8-9-41-37(24-38)28-69(52(41)72)45-11-6-35(2)62-51(45)71/h7-10,24-27,45,70,73H,2,4-6,11-23,28-34H2,1,3H3,(H,62,71)/t45-,54+/m0/s1. The number of carbonyl (C=O) groups is 2. The van der Waals surface area contributed by atoms with Crippen molar-refractivity contribution < 1.29 is 37.7 Å². The average Bonchev–Trinajstić information content (AvgIpc) is 4.08. The first kappa shape index (κ1) is 48.9. The first-order valence-corrected chi connectivity index (χ1v) is 26.7. The lowest BCUT2D eigenvalue weighted by molar-refractivity contribution is -0.126. The van der Waals surface area contributed by atoms with Gasteiger partial charge < -0.3 is 39.9 Å². The third-order valence-corrected chi connectivity index (χ3v) is 17.6. The number of amides is 2. The third kappa shape index (κ3) is 9.09. The number of nitrogens with one attached hydrogen (secondary N) is 1. The number of carbonyl (C=O) groups excluding carboxylic acids is 2. The van der Waals surface area contributed by atoms with Gasteiger partial charge in [0.1, 0.15) is 40.3 Å². The van der Waals surface area contributed by atoms with Crippen LogP contribution in [0.4, 0.5) is 24.7 Å². The summed E-state index contributed by atoms with van der Waals surface area (Å²) in [5.74, 6) is -1.11. The number of β-amino-alcohol motifs (C(OH)–C–C–N with tert-alkyl or cyclic N) is 1. The second kappa shape index (κ2) is 18.4. The fourth-order valence-electron chi connectivity index (χ4n) is 13.5. The number of likely N-dealkylation sites (tertiary alicyclic amines) is 1. The number of hydrogen-bond donors (Lipinski definition) is 3. The Morgan fingerprint density at radius 3 is 2.39 bits per heavy atom. The van der Waals surface area contributed by atoms with E-state index in [9.17, 15) is 19.8 Å². The molecular formula is C57H66F3N9O5. The molecular weight excluding hydrogens is 948 g/mol. The van der Waals surface area contributed by atoms with E-state index in [0.29, 0.717) is 110 Å². The van der Waals surface area contributed by atoms with Crippen molar-refractivity contribution in [2.45, 2.75) is 108 Å². The predicted molar refractivity (Wildman–Crippen MR) is 277 cm³/mol. The number of phenolic OH excluding ortho intramolecular Hbond substituents is 1. The number of benzene rings is 3. The SMILES string of the molecule is C=C1CC[C@H](N2Cc3cc(N4CCN(CC5(F)CC6(CCN(CC7(COc8nc(N9CCC[C@@](C)(O)C9)c9cnc(-c%10cc(O)cc%11ccc(F)c(CC)c%10%11)c(F)c9n8)CC7)CC6)C5)CC4)ccc3C2=O)C(=O)N1. The topological polar surface area (TPSA) is 151 Å². The molecule has 2 aliphatic carbocycles. The first-order valence-electron chi connectivity index (χ1n) is 26.7. The Hall–Kier alpha value is -6.04. The van der Waals surface area contributed by atoms with Crippen LogP contribution in [-0.2, 0) is 17.8 Å². The van der Waals surface area contributed by atoms with Crippen molar-refractivity contribution in [3.8, 4) is 23.0 Å². The van der Waals surface area contributed by atoms with Crippen molar-refractivity contribution in [3.63, 3.8) is 0 Å². The zero-order valence-electron chi connectivity index (χ0n) is 42.5. The molecule has 4 saturated heterocycles. The average molecular weight is 1010 g/mol. The van der Waals surface area contributed by atoms with Gasteiger partial charge in [-0.1, -0.05) is 19.6 Å². The van der Waals surface area contributed by atoms with Crippen molar-refractivity contribution in [3.05, 3.63) is 89.3 Å². The molecule has 390 valence electrons. The van der Waals surface area contributed by atoms with Crippen LogP contribution in [0.25, 0.3) is 32.9 Å². The number of ether oxygens (including phenoxy) is 1. The van der Waals surface area contributed by atoms with Crippen molar-refractivity contribution in [1.82, 2.24) is 35.0 Å². The number of aromatic hydroxyl groups is 1. The van der Waals surface area contributed by atoms with Gasteiger partial charge in [0.15, 0.2) is 5.82 Å². The van der Waals surface area contributed by atoms with Crippen molar-refractivity contribution in [2.75, 3.05) is 81.9 Å². The number of aliphatic hydroxyl groups is 1. The number of piperidine rings is 3. The van der Waals surface area contributed by atoms with Gasteiger partial charge in [-0.3, -0.25) is 19.5 Å². The lowest BCUT2D eigenvalue weighted by Gasteiger charge is -2.57. The molecule has 74 heavy (non-hydrogen) atoms. The van der Waals surface area contributed by atoms with Crippen LogP contribution in [0.2, 0.25) is 0 Å². The zero-order chi connectivity index (χ0) is 51.3. The minimum Gasteiger partial charge on any atom is -0.508 e. The van der Waals surface area contributed by atoms with Gasteiger partial charge in [0, 0.05) is 93.0 Å². The molecule has 12 rings (SSSR count). The van der Waals surface area contributed by atoms with E-state index < -0.39 is 28.9 Å². The van der Waals surface area contributed by atoms with E-state index in [1.165, 1.54) is 24.4 Å². The van der Waals surface area contributed by atoms with E-state index >= 15 is 13.2 Å². The number of hydrogen-bond acceptors (Lipinski definition) is 12. The van der Waals surface area contributed by atoms with Crippen LogP contribution in [0.5, 0.6) is 11.8 Å². The molecule has 3 N–H and O–H groups in total. The molecule has 2 atom stereocenters. The number of alkyl halides is 1. The Bertz CT molecular complexity index is 3090. The van der Waals surface area contributed by atoms with E-state index in [1.54, 1.807) is 17.9 Å². The number of piperazine rings is 1. The number of rotatable bonds is 12. The highest BCUT2D eigenvalue weighted by Crippen LogP contribution is 2.58. The maximum absolute atomic E-state index is 17.2. The lowest BCUT2D eigenvalue weighted by atomic mass is 9.55. The maximum Gasteiger partial charge on any atom is 0.319 e. The maximum atomic E-state index is 17.2. The summed E-state index contributed by atoms with van der Waals surface area (Å²) in [5.41, 5.74) is 1.64. The third-order valence-electron chi connectivity index (χ3n) is 17.6. The van der Waals surface area contributed by atoms with Crippen LogP contribution in [0, 0.1) is 22.5 Å². The number of phenols is 1. The molecule has 6 fully saturated rings. The molecule has 2 aromatic heterocycles. The van der Waals surface area contributed by atoms with Gasteiger partial charge in [0.05, 0.1) is 17.6 Å². The smallest absolute Gasteiger partial charge is 0.319 e. The van der Waals surface area contributed by atoms with Gasteiger partial charge in [0.25, 0.3) is 5.91 Å². The summed E-state index contributed by atoms with van der Waals surface area (Å²) in [7, 11) is 0. The molecule has 5 aliphatic heterocycles. The van der Waals surface area contributed by atoms with Crippen molar-refractivity contribution >= 4 is 45.0 Å². The molecule has 0 unspecified atom stereocenters. The molecule has 0 radical (unpaired) electrons. The highest BCUT2D eigenvalue weighted by Gasteiger charge is 2.57. The zero-order valence-corrected chi connectivity index (χ0v) is 42.5. The van der Waals surface area contributed by atoms with E-state index in [0.717, 1.165) is 82.7 Å². The Kier molecular flexibility index (Phi) is 12.1. The van der Waals surface area contributed by atoms with Gasteiger partial charge in [-0.2, -0.15) is 9.97 Å². The van der Waals surface area contributed by atoms with Gasteiger partial charge in [-0.05, 0) is 154 Å². The summed E-state index contributed by atoms with van der Waals surface area (Å²) in [6, 6.07) is 11.4. The molecule has 2 amide bonds. The Labute approximate surface area is 429 Å². The highest BCUT2D eigenvalue weighted by atomic mass is 19.1. The van der Waals surface area contributed by atoms with Crippen LogP contribution in [0.3, 0.4) is 0 Å².